The molecule has 6 nitrogen and oxygen atoms in total. The summed E-state index contributed by atoms with van der Waals surface area (Å²) in [5.74, 6) is 1.49. The van der Waals surface area contributed by atoms with Crippen molar-refractivity contribution in [1.29, 1.82) is 0 Å². The second kappa shape index (κ2) is 16.0. The van der Waals surface area contributed by atoms with Gasteiger partial charge in [-0.1, -0.05) is 151 Å². The lowest BCUT2D eigenvalue weighted by Crippen LogP contribution is -2.33. The molecule has 0 fully saturated rings. The largest absolute Gasteiger partial charge is 0.344 e. The Hall–Kier alpha value is -7.74. The van der Waals surface area contributed by atoms with Crippen LogP contribution in [-0.4, -0.2) is 26.6 Å². The Balaban J connectivity index is 1.08. The minimum atomic E-state index is -0.571. The molecule has 1 aliphatic carbocycles. The maximum absolute atomic E-state index is 5.26. The van der Waals surface area contributed by atoms with Gasteiger partial charge in [-0.05, 0) is 98.5 Å². The van der Waals surface area contributed by atoms with Crippen LogP contribution in [0.4, 0.5) is 0 Å². The van der Waals surface area contributed by atoms with Crippen LogP contribution >= 0.6 is 11.8 Å². The average Bonchev–Trinajstić information content (AvgIpc) is 3.64. The molecule has 0 radical (unpaired) electrons. The van der Waals surface area contributed by atoms with Crippen molar-refractivity contribution >= 4 is 29.0 Å². The van der Waals surface area contributed by atoms with Gasteiger partial charge < -0.3 is 5.32 Å². The zero-order valence-electron chi connectivity index (χ0n) is 33.5. The molecule has 1 atom stereocenters. The van der Waals surface area contributed by atoms with E-state index >= 15 is 0 Å². The SMILES string of the molecule is C1=C/C(c2cc(-c3ccncc3)nc(-c3ccncc3)c2)=C\C=C\C2(c3ccc(C4N=C(c5ccccc5)N=C(c5ccccc5)N4)cc3S\1)c1ccccc1-c1ccccc12. The van der Waals surface area contributed by atoms with E-state index in [1.54, 1.807) is 11.8 Å². The number of thioether (sulfide) groups is 1. The van der Waals surface area contributed by atoms with E-state index in [9.17, 15) is 0 Å². The van der Waals surface area contributed by atoms with E-state index in [-0.39, 0.29) is 6.17 Å². The monoisotopic (exact) mass is 814 g/mol. The van der Waals surface area contributed by atoms with Crippen molar-refractivity contribution in [3.05, 3.63) is 257 Å². The third-order valence-electron chi connectivity index (χ3n) is 11.7. The van der Waals surface area contributed by atoms with Gasteiger partial charge in [-0.15, -0.1) is 0 Å². The molecule has 3 aromatic heterocycles. The lowest BCUT2D eigenvalue weighted by atomic mass is 9.72. The Morgan fingerprint density at radius 1 is 0.532 bits per heavy atom. The summed E-state index contributed by atoms with van der Waals surface area (Å²) in [7, 11) is 0. The molecule has 5 aromatic carbocycles. The first kappa shape index (κ1) is 37.3. The molecule has 62 heavy (non-hydrogen) atoms. The second-order valence-corrected chi connectivity index (χ2v) is 16.3. The zero-order chi connectivity index (χ0) is 41.3. The Morgan fingerprint density at radius 3 is 1.77 bits per heavy atom. The second-order valence-electron chi connectivity index (χ2n) is 15.3. The molecule has 1 spiro atoms. The highest BCUT2D eigenvalue weighted by molar-refractivity contribution is 8.02. The van der Waals surface area contributed by atoms with Gasteiger partial charge in [0.25, 0.3) is 0 Å². The number of hydrogen-bond acceptors (Lipinski definition) is 7. The first-order valence-corrected chi connectivity index (χ1v) is 21.5. The Bertz CT molecular complexity index is 3020. The van der Waals surface area contributed by atoms with Gasteiger partial charge in [-0.3, -0.25) is 9.97 Å². The third kappa shape index (κ3) is 6.79. The van der Waals surface area contributed by atoms with Crippen molar-refractivity contribution in [2.45, 2.75) is 16.5 Å². The van der Waals surface area contributed by atoms with Crippen LogP contribution in [0.3, 0.4) is 0 Å². The molecule has 1 N–H and O–H groups in total. The number of amidine groups is 2. The van der Waals surface area contributed by atoms with E-state index in [2.05, 4.69) is 148 Å². The summed E-state index contributed by atoms with van der Waals surface area (Å²) in [6.45, 7) is 0. The minimum absolute atomic E-state index is 0.372. The highest BCUT2D eigenvalue weighted by Crippen LogP contribution is 2.55. The highest BCUT2D eigenvalue weighted by Gasteiger charge is 2.44. The van der Waals surface area contributed by atoms with Crippen molar-refractivity contribution in [3.63, 3.8) is 0 Å². The van der Waals surface area contributed by atoms with Crippen LogP contribution in [-0.2, 0) is 5.41 Å². The van der Waals surface area contributed by atoms with Crippen LogP contribution in [0.5, 0.6) is 0 Å². The van der Waals surface area contributed by atoms with Crippen molar-refractivity contribution in [2.75, 3.05) is 0 Å². The molecule has 294 valence electrons. The minimum Gasteiger partial charge on any atom is -0.344 e. The summed E-state index contributed by atoms with van der Waals surface area (Å²) < 4.78 is 0. The van der Waals surface area contributed by atoms with E-state index in [1.165, 1.54) is 27.8 Å². The number of benzene rings is 5. The molecule has 2 aliphatic heterocycles. The molecule has 0 amide bonds. The van der Waals surface area contributed by atoms with Crippen molar-refractivity contribution < 1.29 is 0 Å². The number of aliphatic imine (C=N–C) groups is 2. The summed E-state index contributed by atoms with van der Waals surface area (Å²) in [5.41, 5.74) is 14.5. The third-order valence-corrected chi connectivity index (χ3v) is 12.6. The van der Waals surface area contributed by atoms with Gasteiger partial charge in [0.1, 0.15) is 12.0 Å². The van der Waals surface area contributed by atoms with E-state index in [1.807, 2.05) is 85.5 Å². The predicted molar refractivity (Wildman–Crippen MR) is 253 cm³/mol. The Kier molecular flexibility index (Phi) is 9.64. The number of hydrogen-bond donors (Lipinski definition) is 1. The van der Waals surface area contributed by atoms with Crippen LogP contribution in [0.25, 0.3) is 39.2 Å². The lowest BCUT2D eigenvalue weighted by Gasteiger charge is -2.32. The van der Waals surface area contributed by atoms with E-state index < -0.39 is 5.41 Å². The molecule has 8 aromatic rings. The first-order valence-electron chi connectivity index (χ1n) is 20.6. The van der Waals surface area contributed by atoms with Gasteiger partial charge in [-0.25, -0.2) is 15.0 Å². The van der Waals surface area contributed by atoms with E-state index in [0.717, 1.165) is 61.1 Å². The number of nitrogens with zero attached hydrogens (tertiary/aromatic N) is 5. The molecule has 0 bridgehead atoms. The molecular weight excluding hydrogens is 777 g/mol. The molecule has 1 unspecified atom stereocenters. The summed E-state index contributed by atoms with van der Waals surface area (Å²) in [6, 6.07) is 57.5. The van der Waals surface area contributed by atoms with Gasteiger partial charge in [0, 0.05) is 51.9 Å². The molecule has 3 aliphatic rings. The highest BCUT2D eigenvalue weighted by atomic mass is 32.2. The van der Waals surface area contributed by atoms with E-state index in [0.29, 0.717) is 5.84 Å². The Morgan fingerprint density at radius 2 is 1.13 bits per heavy atom. The molecular formula is C55H38N6S. The van der Waals surface area contributed by atoms with Crippen LogP contribution in [0, 0.1) is 0 Å². The van der Waals surface area contributed by atoms with Crippen LogP contribution in [0.15, 0.2) is 233 Å². The number of fused-ring (bicyclic) bond motifs is 7. The number of rotatable bonds is 6. The number of pyridine rings is 3. The lowest BCUT2D eigenvalue weighted by molar-refractivity contribution is 0.669. The van der Waals surface area contributed by atoms with Crippen molar-refractivity contribution in [1.82, 2.24) is 20.3 Å². The first-order chi connectivity index (χ1) is 30.7. The molecule has 0 saturated heterocycles. The maximum atomic E-state index is 5.26. The summed E-state index contributed by atoms with van der Waals surface area (Å²) in [5, 5.41) is 5.92. The summed E-state index contributed by atoms with van der Waals surface area (Å²) in [6.07, 6.45) is 16.0. The zero-order valence-corrected chi connectivity index (χ0v) is 34.3. The molecule has 0 saturated carbocycles. The van der Waals surface area contributed by atoms with Gasteiger partial charge >= 0.3 is 0 Å². The molecule has 11 rings (SSSR count). The predicted octanol–water partition coefficient (Wildman–Crippen LogP) is 12.3. The van der Waals surface area contributed by atoms with Gasteiger partial charge in [0.15, 0.2) is 5.84 Å². The standard InChI is InChI=1S/C55H38N6S/c1-3-12-40(13-4-1)52-59-53(41-14-5-2-6-15-41)61-54(60-52)42-21-22-48-51(36-42)62-33-27-37(16-11-28-55(48)46-19-9-7-17-44(46)45-18-8-10-20-47(45)55)43-34-49(38-23-29-56-30-24-38)58-50(35-43)39-25-31-57-32-26-39/h1-36,54H,(H,59,60,61)/b28-11+,33-27-,37-16+. The maximum Gasteiger partial charge on any atom is 0.159 e. The fourth-order valence-corrected chi connectivity index (χ4v) is 9.72. The smallest absolute Gasteiger partial charge is 0.159 e. The van der Waals surface area contributed by atoms with Crippen LogP contribution < -0.4 is 5.32 Å². The normalized spacial score (nSPS) is 17.8. The van der Waals surface area contributed by atoms with Gasteiger partial charge in [0.05, 0.1) is 16.8 Å². The Labute approximate surface area is 365 Å². The number of allylic oxidation sites excluding steroid dienone is 5. The van der Waals surface area contributed by atoms with Gasteiger partial charge in [-0.2, -0.15) is 0 Å². The van der Waals surface area contributed by atoms with Crippen molar-refractivity contribution in [2.24, 2.45) is 9.98 Å². The van der Waals surface area contributed by atoms with Gasteiger partial charge in [0.2, 0.25) is 0 Å². The quantitative estimate of drug-likeness (QED) is 0.181. The number of nitrogens with one attached hydrogen (secondary N) is 1. The molecule has 7 heteroatoms. The van der Waals surface area contributed by atoms with Crippen molar-refractivity contribution in [3.8, 4) is 33.6 Å². The van der Waals surface area contributed by atoms with Crippen LogP contribution in [0.2, 0.25) is 0 Å². The summed E-state index contributed by atoms with van der Waals surface area (Å²) >= 11 is 1.73. The fourth-order valence-electron chi connectivity index (χ4n) is 8.80. The number of aromatic nitrogens is 3. The average molecular weight is 815 g/mol. The fraction of sp³-hybridized carbons (Fsp3) is 0.0364. The van der Waals surface area contributed by atoms with E-state index in [4.69, 9.17) is 15.0 Å². The summed E-state index contributed by atoms with van der Waals surface area (Å²) in [4.78, 5) is 25.1. The van der Waals surface area contributed by atoms with Crippen LogP contribution in [0.1, 0.15) is 45.1 Å². The molecule has 5 heterocycles. The topological polar surface area (TPSA) is 75.4 Å².